The lowest BCUT2D eigenvalue weighted by Crippen LogP contribution is -2.51. The van der Waals surface area contributed by atoms with Crippen LogP contribution in [0.2, 0.25) is 0 Å². The van der Waals surface area contributed by atoms with E-state index in [0.717, 1.165) is 25.7 Å². The minimum atomic E-state index is -0.864. The quantitative estimate of drug-likeness (QED) is 0.225. The molecule has 0 aromatic carbocycles. The number of oxime groups is 1. The van der Waals surface area contributed by atoms with Crippen LogP contribution in [0.3, 0.4) is 0 Å². The third kappa shape index (κ3) is 3.62. The highest BCUT2D eigenvalue weighted by Crippen LogP contribution is 2.37. The summed E-state index contributed by atoms with van der Waals surface area (Å²) in [7, 11) is 0. The first-order valence-electron chi connectivity index (χ1n) is 7.50. The van der Waals surface area contributed by atoms with Gasteiger partial charge in [-0.05, 0) is 26.2 Å². The van der Waals surface area contributed by atoms with Crippen LogP contribution in [-0.2, 0) is 4.79 Å². The molecular weight excluding hydrogens is 258 g/mol. The van der Waals surface area contributed by atoms with Crippen LogP contribution in [0.1, 0.15) is 51.9 Å². The molecule has 6 heteroatoms. The van der Waals surface area contributed by atoms with Crippen molar-refractivity contribution >= 4 is 11.7 Å². The first kappa shape index (κ1) is 16.8. The Morgan fingerprint density at radius 2 is 1.90 bits per heavy atom. The van der Waals surface area contributed by atoms with Crippen molar-refractivity contribution < 1.29 is 15.1 Å². The Kier molecular flexibility index (Phi) is 6.78. The molecule has 1 saturated carbocycles. The van der Waals surface area contributed by atoms with Gasteiger partial charge in [-0.25, -0.2) is 0 Å². The highest BCUT2D eigenvalue weighted by Gasteiger charge is 2.44. The van der Waals surface area contributed by atoms with Gasteiger partial charge >= 0.3 is 0 Å². The highest BCUT2D eigenvalue weighted by molar-refractivity contribution is 6.06. The average molecular weight is 285 g/mol. The Labute approximate surface area is 120 Å². The van der Waals surface area contributed by atoms with Gasteiger partial charge in [0.2, 0.25) is 5.91 Å². The van der Waals surface area contributed by atoms with E-state index in [9.17, 15) is 4.79 Å². The second kappa shape index (κ2) is 8.09. The van der Waals surface area contributed by atoms with Crippen LogP contribution >= 0.6 is 0 Å². The molecule has 1 amide bonds. The summed E-state index contributed by atoms with van der Waals surface area (Å²) in [6, 6.07) is 0. The Balaban J connectivity index is 2.99. The summed E-state index contributed by atoms with van der Waals surface area (Å²) in [4.78, 5) is 14.6. The molecule has 0 bridgehead atoms. The van der Waals surface area contributed by atoms with E-state index in [-0.39, 0.29) is 18.3 Å². The number of carbonyl (C=O) groups is 1. The number of aliphatic hydroxyl groups excluding tert-OH is 1. The molecule has 0 unspecified atom stereocenters. The first-order chi connectivity index (χ1) is 9.62. The van der Waals surface area contributed by atoms with Crippen molar-refractivity contribution in [1.82, 2.24) is 4.90 Å². The van der Waals surface area contributed by atoms with E-state index in [4.69, 9.17) is 16.0 Å². The lowest BCUT2D eigenvalue weighted by Gasteiger charge is -2.35. The summed E-state index contributed by atoms with van der Waals surface area (Å²) in [5, 5.41) is 21.2. The molecule has 6 nitrogen and oxygen atoms in total. The Morgan fingerprint density at radius 3 is 2.35 bits per heavy atom. The molecule has 1 aliphatic carbocycles. The topological polar surface area (TPSA) is 99.2 Å². The molecule has 0 aliphatic heterocycles. The smallest absolute Gasteiger partial charge is 0.236 e. The first-order valence-corrected chi connectivity index (χ1v) is 7.50. The molecular formula is C14H27N3O3. The van der Waals surface area contributed by atoms with Gasteiger partial charge in [0.25, 0.3) is 0 Å². The molecule has 1 rings (SSSR count). The minimum Gasteiger partial charge on any atom is -0.409 e. The predicted octanol–water partition coefficient (Wildman–Crippen LogP) is 1.30. The fraction of sp³-hybridized carbons (Fsp3) is 0.857. The molecule has 20 heavy (non-hydrogen) atoms. The van der Waals surface area contributed by atoms with E-state index in [2.05, 4.69) is 5.16 Å². The van der Waals surface area contributed by atoms with Crippen LogP contribution in [0, 0.1) is 5.41 Å². The van der Waals surface area contributed by atoms with Crippen LogP contribution in [0.15, 0.2) is 5.16 Å². The van der Waals surface area contributed by atoms with Gasteiger partial charge in [0.05, 0.1) is 0 Å². The van der Waals surface area contributed by atoms with Crippen molar-refractivity contribution in [2.24, 2.45) is 16.3 Å². The molecule has 4 N–H and O–H groups in total. The van der Waals surface area contributed by atoms with Crippen LogP contribution in [0.25, 0.3) is 0 Å². The van der Waals surface area contributed by atoms with E-state index in [0.29, 0.717) is 32.4 Å². The van der Waals surface area contributed by atoms with Gasteiger partial charge in [-0.3, -0.25) is 4.79 Å². The molecule has 0 spiro atoms. The number of amides is 1. The summed E-state index contributed by atoms with van der Waals surface area (Å²) >= 11 is 0. The Morgan fingerprint density at radius 1 is 1.30 bits per heavy atom. The number of rotatable bonds is 6. The van der Waals surface area contributed by atoms with Gasteiger partial charge in [0.15, 0.2) is 5.84 Å². The van der Waals surface area contributed by atoms with Gasteiger partial charge < -0.3 is 20.9 Å². The van der Waals surface area contributed by atoms with Crippen LogP contribution in [0.4, 0.5) is 0 Å². The zero-order valence-corrected chi connectivity index (χ0v) is 12.3. The van der Waals surface area contributed by atoms with E-state index in [1.807, 2.05) is 6.92 Å². The maximum absolute atomic E-state index is 12.9. The average Bonchev–Trinajstić information content (AvgIpc) is 2.73. The van der Waals surface area contributed by atoms with Gasteiger partial charge in [-0.2, -0.15) is 0 Å². The van der Waals surface area contributed by atoms with Gasteiger partial charge in [0.1, 0.15) is 5.41 Å². The molecule has 0 heterocycles. The molecule has 1 fully saturated rings. The van der Waals surface area contributed by atoms with Gasteiger partial charge in [-0.1, -0.05) is 30.8 Å². The summed E-state index contributed by atoms with van der Waals surface area (Å²) in [5.41, 5.74) is 5.01. The number of amidine groups is 1. The van der Waals surface area contributed by atoms with E-state index >= 15 is 0 Å². The molecule has 116 valence electrons. The van der Waals surface area contributed by atoms with Crippen molar-refractivity contribution in [2.45, 2.75) is 51.9 Å². The van der Waals surface area contributed by atoms with Crippen LogP contribution < -0.4 is 5.73 Å². The monoisotopic (exact) mass is 285 g/mol. The van der Waals surface area contributed by atoms with Crippen LogP contribution in [0.5, 0.6) is 0 Å². The number of nitrogens with two attached hydrogens (primary N) is 1. The number of aliphatic hydroxyl groups is 1. The minimum absolute atomic E-state index is 0.0341. The van der Waals surface area contributed by atoms with Crippen molar-refractivity contribution in [3.63, 3.8) is 0 Å². The Hall–Kier alpha value is -1.30. The van der Waals surface area contributed by atoms with Gasteiger partial charge in [0, 0.05) is 19.7 Å². The molecule has 1 aliphatic rings. The molecule has 0 atom stereocenters. The maximum Gasteiger partial charge on any atom is 0.236 e. The zero-order valence-electron chi connectivity index (χ0n) is 12.3. The highest BCUT2D eigenvalue weighted by atomic mass is 16.4. The van der Waals surface area contributed by atoms with Crippen LogP contribution in [-0.4, -0.2) is 46.7 Å². The SMILES string of the molecule is CCN(CCCO)C(=O)C1(C(N)=NO)CCCCCC1. The fourth-order valence-electron chi connectivity index (χ4n) is 2.97. The zero-order chi connectivity index (χ0) is 15.0. The maximum atomic E-state index is 12.9. The molecule has 0 saturated heterocycles. The summed E-state index contributed by atoms with van der Waals surface area (Å²) in [5.74, 6) is -0.0301. The second-order valence-electron chi connectivity index (χ2n) is 5.44. The largest absolute Gasteiger partial charge is 0.409 e. The predicted molar refractivity (Wildman–Crippen MR) is 77.5 cm³/mol. The molecule has 0 aromatic rings. The Bertz CT molecular complexity index is 337. The number of carbonyl (C=O) groups excluding carboxylic acids is 1. The summed E-state index contributed by atoms with van der Waals surface area (Å²) in [6.45, 7) is 3.04. The number of nitrogens with zero attached hydrogens (tertiary/aromatic N) is 2. The lowest BCUT2D eigenvalue weighted by atomic mass is 9.77. The van der Waals surface area contributed by atoms with Crippen molar-refractivity contribution in [2.75, 3.05) is 19.7 Å². The summed E-state index contributed by atoms with van der Waals surface area (Å²) in [6.07, 6.45) is 5.81. The number of hydrogen-bond donors (Lipinski definition) is 3. The molecule has 0 aromatic heterocycles. The second-order valence-corrected chi connectivity index (χ2v) is 5.44. The lowest BCUT2D eigenvalue weighted by molar-refractivity contribution is -0.139. The standard InChI is InChI=1S/C14H27N3O3/c1-2-17(10-7-11-18)13(19)14(12(15)16-20)8-5-3-4-6-9-14/h18,20H,2-11H2,1H3,(H2,15,16). The van der Waals surface area contributed by atoms with Crippen molar-refractivity contribution in [1.29, 1.82) is 0 Å². The third-order valence-electron chi connectivity index (χ3n) is 4.22. The van der Waals surface area contributed by atoms with Crippen molar-refractivity contribution in [3.05, 3.63) is 0 Å². The normalized spacial score (nSPS) is 19.4. The fourth-order valence-corrected chi connectivity index (χ4v) is 2.97. The van der Waals surface area contributed by atoms with Crippen molar-refractivity contribution in [3.8, 4) is 0 Å². The van der Waals surface area contributed by atoms with E-state index in [1.54, 1.807) is 4.90 Å². The number of hydrogen-bond acceptors (Lipinski definition) is 4. The summed E-state index contributed by atoms with van der Waals surface area (Å²) < 4.78 is 0. The molecule has 0 radical (unpaired) electrons. The van der Waals surface area contributed by atoms with E-state index < -0.39 is 5.41 Å². The van der Waals surface area contributed by atoms with Gasteiger partial charge in [-0.15, -0.1) is 0 Å². The van der Waals surface area contributed by atoms with E-state index in [1.165, 1.54) is 0 Å². The third-order valence-corrected chi connectivity index (χ3v) is 4.22.